The van der Waals surface area contributed by atoms with Crippen LogP contribution in [0.5, 0.6) is 5.75 Å². The molecule has 0 unspecified atom stereocenters. The second-order valence-corrected chi connectivity index (χ2v) is 5.79. The third-order valence-electron chi connectivity index (χ3n) is 3.66. The molecule has 1 aromatic rings. The summed E-state index contributed by atoms with van der Waals surface area (Å²) in [5.41, 5.74) is 0. The van der Waals surface area contributed by atoms with Gasteiger partial charge in [-0.25, -0.2) is 8.78 Å². The Balaban J connectivity index is 1.83. The molecule has 9 heteroatoms. The van der Waals surface area contributed by atoms with E-state index in [9.17, 15) is 18.4 Å². The van der Waals surface area contributed by atoms with Crippen molar-refractivity contribution in [2.45, 2.75) is 6.10 Å². The summed E-state index contributed by atoms with van der Waals surface area (Å²) in [5, 5.41) is 8.75. The fourth-order valence-corrected chi connectivity index (χ4v) is 2.52. The SMILES string of the molecule is CN(CC(=O)O)C[C@@H]1CN(C(=O)COc2ccc(F)cc2F)CCO1. The van der Waals surface area contributed by atoms with Crippen LogP contribution in [0.1, 0.15) is 0 Å². The van der Waals surface area contributed by atoms with Gasteiger partial charge in [-0.3, -0.25) is 14.5 Å². The molecule has 25 heavy (non-hydrogen) atoms. The highest BCUT2D eigenvalue weighted by atomic mass is 19.1. The van der Waals surface area contributed by atoms with E-state index in [1.54, 1.807) is 11.9 Å². The molecule has 1 aliphatic rings. The molecule has 1 atom stereocenters. The lowest BCUT2D eigenvalue weighted by molar-refractivity contribution is -0.143. The van der Waals surface area contributed by atoms with E-state index in [-0.39, 0.29) is 37.5 Å². The Kier molecular flexibility index (Phi) is 6.65. The van der Waals surface area contributed by atoms with Crippen molar-refractivity contribution in [2.24, 2.45) is 0 Å². The molecule has 7 nitrogen and oxygen atoms in total. The largest absolute Gasteiger partial charge is 0.481 e. The van der Waals surface area contributed by atoms with Gasteiger partial charge in [-0.05, 0) is 19.2 Å². The average Bonchev–Trinajstić information content (AvgIpc) is 2.53. The first-order valence-corrected chi connectivity index (χ1v) is 7.72. The maximum atomic E-state index is 13.5. The van der Waals surface area contributed by atoms with Crippen LogP contribution in [0.2, 0.25) is 0 Å². The molecule has 1 saturated heterocycles. The zero-order valence-electron chi connectivity index (χ0n) is 13.8. The molecule has 0 bridgehead atoms. The number of ether oxygens (including phenoxy) is 2. The molecule has 0 radical (unpaired) electrons. The highest BCUT2D eigenvalue weighted by Gasteiger charge is 2.26. The molecule has 1 fully saturated rings. The number of nitrogens with zero attached hydrogens (tertiary/aromatic N) is 2. The highest BCUT2D eigenvalue weighted by Crippen LogP contribution is 2.17. The monoisotopic (exact) mass is 358 g/mol. The van der Waals surface area contributed by atoms with Crippen molar-refractivity contribution in [3.63, 3.8) is 0 Å². The van der Waals surface area contributed by atoms with Gasteiger partial charge in [-0.2, -0.15) is 0 Å². The van der Waals surface area contributed by atoms with Crippen LogP contribution in [-0.2, 0) is 14.3 Å². The average molecular weight is 358 g/mol. The van der Waals surface area contributed by atoms with Gasteiger partial charge in [-0.15, -0.1) is 0 Å². The van der Waals surface area contributed by atoms with Crippen LogP contribution in [0.3, 0.4) is 0 Å². The lowest BCUT2D eigenvalue weighted by atomic mass is 10.2. The van der Waals surface area contributed by atoms with Gasteiger partial charge < -0.3 is 19.5 Å². The van der Waals surface area contributed by atoms with Crippen LogP contribution in [0.15, 0.2) is 18.2 Å². The molecule has 1 N–H and O–H groups in total. The number of halogens is 2. The minimum absolute atomic E-state index is 0.124. The smallest absolute Gasteiger partial charge is 0.317 e. The van der Waals surface area contributed by atoms with Gasteiger partial charge in [0.05, 0.1) is 19.3 Å². The first kappa shape index (κ1) is 19.1. The molecule has 0 aromatic heterocycles. The predicted octanol–water partition coefficient (Wildman–Crippen LogP) is 0.587. The summed E-state index contributed by atoms with van der Waals surface area (Å²) >= 11 is 0. The van der Waals surface area contributed by atoms with E-state index in [2.05, 4.69) is 0 Å². The highest BCUT2D eigenvalue weighted by molar-refractivity contribution is 5.78. The van der Waals surface area contributed by atoms with Crippen molar-refractivity contribution in [3.05, 3.63) is 29.8 Å². The second-order valence-electron chi connectivity index (χ2n) is 5.79. The number of benzene rings is 1. The Morgan fingerprint density at radius 1 is 1.44 bits per heavy atom. The molecule has 1 aliphatic heterocycles. The van der Waals surface area contributed by atoms with Crippen LogP contribution >= 0.6 is 0 Å². The zero-order chi connectivity index (χ0) is 18.4. The topological polar surface area (TPSA) is 79.3 Å². The third kappa shape index (κ3) is 5.95. The van der Waals surface area contributed by atoms with Gasteiger partial charge >= 0.3 is 5.97 Å². The summed E-state index contributed by atoms with van der Waals surface area (Å²) in [5.74, 6) is -3.08. The van der Waals surface area contributed by atoms with Crippen LogP contribution in [0.25, 0.3) is 0 Å². The summed E-state index contributed by atoms with van der Waals surface area (Å²) in [6.45, 7) is 0.845. The Labute approximate surface area is 143 Å². The number of amides is 1. The minimum Gasteiger partial charge on any atom is -0.481 e. The first-order chi connectivity index (χ1) is 11.8. The fourth-order valence-electron chi connectivity index (χ4n) is 2.52. The number of rotatable bonds is 7. The number of carboxylic acids is 1. The van der Waals surface area contributed by atoms with E-state index in [0.29, 0.717) is 25.8 Å². The lowest BCUT2D eigenvalue weighted by Crippen LogP contribution is -2.50. The van der Waals surface area contributed by atoms with E-state index in [1.807, 2.05) is 0 Å². The van der Waals surface area contributed by atoms with E-state index in [4.69, 9.17) is 14.6 Å². The summed E-state index contributed by atoms with van der Waals surface area (Å²) in [7, 11) is 1.65. The van der Waals surface area contributed by atoms with E-state index in [0.717, 1.165) is 12.1 Å². The van der Waals surface area contributed by atoms with Crippen molar-refractivity contribution < 1.29 is 33.0 Å². The van der Waals surface area contributed by atoms with Crippen molar-refractivity contribution in [3.8, 4) is 5.75 Å². The number of carbonyl (C=O) groups excluding carboxylic acids is 1. The van der Waals surface area contributed by atoms with Gasteiger partial charge in [0, 0.05) is 25.7 Å². The molecular weight excluding hydrogens is 338 g/mol. The first-order valence-electron chi connectivity index (χ1n) is 7.72. The van der Waals surface area contributed by atoms with Crippen LogP contribution in [0, 0.1) is 11.6 Å². The van der Waals surface area contributed by atoms with Gasteiger partial charge in [0.2, 0.25) is 0 Å². The standard InChI is InChI=1S/C16H20F2N2O5/c1-19(9-16(22)23)7-12-8-20(4-5-24-12)15(21)10-25-14-3-2-11(17)6-13(14)18/h2-3,6,12H,4-5,7-10H2,1H3,(H,22,23)/t12-/m1/s1. The summed E-state index contributed by atoms with van der Waals surface area (Å²) in [6, 6.07) is 2.86. The van der Waals surface area contributed by atoms with Crippen molar-refractivity contribution in [2.75, 3.05) is 46.4 Å². The van der Waals surface area contributed by atoms with Crippen molar-refractivity contribution in [1.82, 2.24) is 9.80 Å². The third-order valence-corrected chi connectivity index (χ3v) is 3.66. The maximum Gasteiger partial charge on any atom is 0.317 e. The van der Waals surface area contributed by atoms with Crippen molar-refractivity contribution in [1.29, 1.82) is 0 Å². The molecular formula is C16H20F2N2O5. The molecule has 138 valence electrons. The Bertz CT molecular complexity index is 629. The van der Waals surface area contributed by atoms with E-state index in [1.165, 1.54) is 4.90 Å². The normalized spacial score (nSPS) is 17.6. The molecule has 1 heterocycles. The zero-order valence-corrected chi connectivity index (χ0v) is 13.8. The minimum atomic E-state index is -0.944. The number of carboxylic acid groups (broad SMARTS) is 1. The predicted molar refractivity (Wildman–Crippen MR) is 83.3 cm³/mol. The number of hydrogen-bond acceptors (Lipinski definition) is 5. The molecule has 0 aliphatic carbocycles. The van der Waals surface area contributed by atoms with E-state index < -0.39 is 17.6 Å². The molecule has 1 aromatic carbocycles. The second kappa shape index (κ2) is 8.72. The van der Waals surface area contributed by atoms with Gasteiger partial charge in [-0.1, -0.05) is 0 Å². The van der Waals surface area contributed by atoms with Gasteiger partial charge in [0.1, 0.15) is 5.82 Å². The maximum absolute atomic E-state index is 13.5. The Morgan fingerprint density at radius 2 is 2.20 bits per heavy atom. The summed E-state index contributed by atoms with van der Waals surface area (Å²) in [4.78, 5) is 26.0. The summed E-state index contributed by atoms with van der Waals surface area (Å²) < 4.78 is 37.0. The van der Waals surface area contributed by atoms with Crippen LogP contribution < -0.4 is 4.74 Å². The number of likely N-dealkylation sites (N-methyl/N-ethyl adjacent to an activating group) is 1. The quantitative estimate of drug-likeness (QED) is 0.769. The Hall–Kier alpha value is -2.26. The van der Waals surface area contributed by atoms with Gasteiger partial charge in [0.15, 0.2) is 18.2 Å². The van der Waals surface area contributed by atoms with Gasteiger partial charge in [0.25, 0.3) is 5.91 Å². The molecule has 2 rings (SSSR count). The number of morpholine rings is 1. The number of carbonyl (C=O) groups is 2. The lowest BCUT2D eigenvalue weighted by Gasteiger charge is -2.34. The molecule has 1 amide bonds. The molecule has 0 saturated carbocycles. The number of aliphatic carboxylic acids is 1. The Morgan fingerprint density at radius 3 is 2.88 bits per heavy atom. The van der Waals surface area contributed by atoms with E-state index >= 15 is 0 Å². The van der Waals surface area contributed by atoms with Crippen LogP contribution in [0.4, 0.5) is 8.78 Å². The number of hydrogen-bond donors (Lipinski definition) is 1. The van der Waals surface area contributed by atoms with Crippen molar-refractivity contribution >= 4 is 11.9 Å². The molecule has 0 spiro atoms. The fraction of sp³-hybridized carbons (Fsp3) is 0.500. The summed E-state index contributed by atoms with van der Waals surface area (Å²) in [6.07, 6.45) is -0.315. The van der Waals surface area contributed by atoms with Crippen LogP contribution in [-0.4, -0.2) is 79.3 Å².